The number of nitrogens with one attached hydrogen (secondary N) is 2. The van der Waals surface area contributed by atoms with Crippen molar-refractivity contribution in [2.45, 2.75) is 64.3 Å². The summed E-state index contributed by atoms with van der Waals surface area (Å²) in [6.45, 7) is 6.76. The number of carbonyl (C=O) groups is 2. The molecule has 1 atom stereocenters. The normalized spacial score (nSPS) is 23.0. The minimum Gasteiger partial charge on any atom is -0.371 e. The Morgan fingerprint density at radius 2 is 1.87 bits per heavy atom. The highest BCUT2D eigenvalue weighted by Crippen LogP contribution is 2.28. The maximum atomic E-state index is 12.4. The average molecular weight is 427 g/mol. The topological polar surface area (TPSA) is 64.7 Å². The molecule has 3 aliphatic rings. The lowest BCUT2D eigenvalue weighted by atomic mass is 10.0. The van der Waals surface area contributed by atoms with E-state index >= 15 is 0 Å². The van der Waals surface area contributed by atoms with Gasteiger partial charge in [-0.3, -0.25) is 9.59 Å². The predicted molar refractivity (Wildman–Crippen MR) is 125 cm³/mol. The molecule has 2 N–H and O–H groups in total. The summed E-state index contributed by atoms with van der Waals surface area (Å²) >= 11 is 0. The Morgan fingerprint density at radius 3 is 2.58 bits per heavy atom. The van der Waals surface area contributed by atoms with Crippen LogP contribution in [0.5, 0.6) is 0 Å². The van der Waals surface area contributed by atoms with Crippen LogP contribution in [0.25, 0.3) is 0 Å². The number of rotatable bonds is 8. The number of likely N-dealkylation sites (tertiary alicyclic amines) is 1. The van der Waals surface area contributed by atoms with Crippen LogP contribution in [0.1, 0.15) is 58.3 Å². The molecule has 0 aromatic heterocycles. The Labute approximate surface area is 186 Å². The van der Waals surface area contributed by atoms with Crippen molar-refractivity contribution in [2.24, 2.45) is 11.8 Å². The van der Waals surface area contributed by atoms with Crippen molar-refractivity contribution >= 4 is 23.2 Å². The Hall–Kier alpha value is -2.08. The third kappa shape index (κ3) is 6.00. The van der Waals surface area contributed by atoms with Gasteiger partial charge in [-0.25, -0.2) is 0 Å². The Kier molecular flexibility index (Phi) is 7.49. The second-order valence-corrected chi connectivity index (χ2v) is 9.63. The molecule has 1 aliphatic carbocycles. The fourth-order valence-corrected chi connectivity index (χ4v) is 5.44. The number of hydrogen-bond acceptors (Lipinski definition) is 4. The molecule has 0 bridgehead atoms. The molecule has 6 heteroatoms. The molecular formula is C25H38N4O2. The number of amides is 2. The van der Waals surface area contributed by atoms with E-state index in [-0.39, 0.29) is 5.91 Å². The lowest BCUT2D eigenvalue weighted by Crippen LogP contribution is -2.44. The molecule has 0 unspecified atom stereocenters. The molecule has 1 aromatic rings. The van der Waals surface area contributed by atoms with E-state index < -0.39 is 0 Å². The molecule has 170 valence electrons. The molecule has 31 heavy (non-hydrogen) atoms. The van der Waals surface area contributed by atoms with Crippen molar-refractivity contribution < 1.29 is 9.59 Å². The van der Waals surface area contributed by atoms with E-state index in [4.69, 9.17) is 0 Å². The Balaban J connectivity index is 1.21. The average Bonchev–Trinajstić information content (AvgIpc) is 3.41. The van der Waals surface area contributed by atoms with Gasteiger partial charge in [0.15, 0.2) is 0 Å². The van der Waals surface area contributed by atoms with Gasteiger partial charge < -0.3 is 20.4 Å². The van der Waals surface area contributed by atoms with Gasteiger partial charge in [-0.2, -0.15) is 0 Å². The highest BCUT2D eigenvalue weighted by Gasteiger charge is 2.29. The second-order valence-electron chi connectivity index (χ2n) is 9.63. The number of piperidine rings is 1. The molecule has 2 saturated heterocycles. The minimum atomic E-state index is 0.152. The lowest BCUT2D eigenvalue weighted by Gasteiger charge is -2.34. The van der Waals surface area contributed by atoms with Gasteiger partial charge in [-0.15, -0.1) is 0 Å². The maximum Gasteiger partial charge on any atom is 0.224 e. The van der Waals surface area contributed by atoms with Crippen molar-refractivity contribution in [2.75, 3.05) is 42.9 Å². The van der Waals surface area contributed by atoms with E-state index in [0.717, 1.165) is 51.3 Å². The highest BCUT2D eigenvalue weighted by atomic mass is 16.2. The first-order valence-electron chi connectivity index (χ1n) is 12.3. The van der Waals surface area contributed by atoms with E-state index in [1.807, 2.05) is 17.0 Å². The zero-order chi connectivity index (χ0) is 21.6. The van der Waals surface area contributed by atoms with Crippen molar-refractivity contribution in [3.63, 3.8) is 0 Å². The van der Waals surface area contributed by atoms with Crippen LogP contribution in [-0.4, -0.2) is 55.5 Å². The predicted octanol–water partition coefficient (Wildman–Crippen LogP) is 3.63. The van der Waals surface area contributed by atoms with Crippen LogP contribution < -0.4 is 15.5 Å². The summed E-state index contributed by atoms with van der Waals surface area (Å²) in [5, 5.41) is 6.82. The number of anilines is 2. The molecule has 4 rings (SSSR count). The fraction of sp³-hybridized carbons (Fsp3) is 0.680. The summed E-state index contributed by atoms with van der Waals surface area (Å²) < 4.78 is 0. The van der Waals surface area contributed by atoms with Crippen molar-refractivity contribution in [3.05, 3.63) is 24.3 Å². The van der Waals surface area contributed by atoms with Gasteiger partial charge in [0.1, 0.15) is 0 Å². The summed E-state index contributed by atoms with van der Waals surface area (Å²) in [5.74, 6) is 1.48. The number of hydrogen-bond donors (Lipinski definition) is 2. The molecule has 0 radical (unpaired) electrons. The monoisotopic (exact) mass is 426 g/mol. The maximum absolute atomic E-state index is 12.4. The molecule has 6 nitrogen and oxygen atoms in total. The van der Waals surface area contributed by atoms with Crippen molar-refractivity contribution in [1.29, 1.82) is 0 Å². The molecular weight excluding hydrogens is 388 g/mol. The van der Waals surface area contributed by atoms with Gasteiger partial charge in [-0.1, -0.05) is 18.9 Å². The van der Waals surface area contributed by atoms with E-state index in [0.29, 0.717) is 36.6 Å². The first kappa shape index (κ1) is 22.1. The lowest BCUT2D eigenvalue weighted by molar-refractivity contribution is -0.127. The Morgan fingerprint density at radius 1 is 1.10 bits per heavy atom. The summed E-state index contributed by atoms with van der Waals surface area (Å²) in [7, 11) is 0. The molecule has 2 amide bonds. The summed E-state index contributed by atoms with van der Waals surface area (Å²) in [6, 6.07) is 8.82. The molecule has 2 aliphatic heterocycles. The summed E-state index contributed by atoms with van der Waals surface area (Å²) in [4.78, 5) is 28.7. The quantitative estimate of drug-likeness (QED) is 0.666. The molecule has 1 aromatic carbocycles. The Bertz CT molecular complexity index is 754. The van der Waals surface area contributed by atoms with Gasteiger partial charge in [0, 0.05) is 63.0 Å². The van der Waals surface area contributed by atoms with Crippen LogP contribution in [0.3, 0.4) is 0 Å². The first-order valence-corrected chi connectivity index (χ1v) is 12.3. The number of carbonyl (C=O) groups excluding carboxylic acids is 2. The molecule has 0 spiro atoms. The minimum absolute atomic E-state index is 0.152. The molecule has 1 saturated carbocycles. The summed E-state index contributed by atoms with van der Waals surface area (Å²) in [5.41, 5.74) is 2.10. The number of nitrogens with zero attached hydrogens (tertiary/aromatic N) is 2. The van der Waals surface area contributed by atoms with Gasteiger partial charge in [-0.05, 0) is 62.6 Å². The fourth-order valence-electron chi connectivity index (χ4n) is 5.44. The largest absolute Gasteiger partial charge is 0.371 e. The third-order valence-electron chi connectivity index (χ3n) is 7.31. The van der Waals surface area contributed by atoms with E-state index in [1.54, 1.807) is 0 Å². The number of benzene rings is 1. The van der Waals surface area contributed by atoms with Crippen LogP contribution in [-0.2, 0) is 9.59 Å². The van der Waals surface area contributed by atoms with Crippen LogP contribution >= 0.6 is 0 Å². The van der Waals surface area contributed by atoms with Gasteiger partial charge in [0.2, 0.25) is 11.8 Å². The molecule has 3 fully saturated rings. The SMILES string of the molecule is CCN1C[C@H](CNC2CCN(c3cccc(NC(=O)CC4CCCC4)c3)CC2)CC1=O. The first-order chi connectivity index (χ1) is 15.1. The van der Waals surface area contributed by atoms with E-state index in [9.17, 15) is 9.59 Å². The smallest absolute Gasteiger partial charge is 0.224 e. The van der Waals surface area contributed by atoms with Crippen LogP contribution in [0.4, 0.5) is 11.4 Å². The second kappa shape index (κ2) is 10.5. The van der Waals surface area contributed by atoms with Crippen LogP contribution in [0.15, 0.2) is 24.3 Å². The van der Waals surface area contributed by atoms with E-state index in [1.165, 1.54) is 31.4 Å². The standard InChI is InChI=1S/C25H38N4O2/c1-2-28-18-20(15-25(28)31)17-26-21-10-12-29(13-11-21)23-9-5-8-22(16-23)27-24(30)14-19-6-3-4-7-19/h5,8-9,16,19-21,26H,2-4,6-7,10-15,17-18H2,1H3,(H,27,30)/t20-/m0/s1. The highest BCUT2D eigenvalue weighted by molar-refractivity contribution is 5.91. The van der Waals surface area contributed by atoms with Crippen LogP contribution in [0.2, 0.25) is 0 Å². The zero-order valence-corrected chi connectivity index (χ0v) is 18.9. The zero-order valence-electron chi connectivity index (χ0n) is 18.9. The summed E-state index contributed by atoms with van der Waals surface area (Å²) in [6.07, 6.45) is 8.51. The van der Waals surface area contributed by atoms with Gasteiger partial charge >= 0.3 is 0 Å². The third-order valence-corrected chi connectivity index (χ3v) is 7.31. The van der Waals surface area contributed by atoms with Gasteiger partial charge in [0.25, 0.3) is 0 Å². The molecule has 2 heterocycles. The van der Waals surface area contributed by atoms with E-state index in [2.05, 4.69) is 34.6 Å². The van der Waals surface area contributed by atoms with Crippen molar-refractivity contribution in [1.82, 2.24) is 10.2 Å². The van der Waals surface area contributed by atoms with Gasteiger partial charge in [0.05, 0.1) is 0 Å². The van der Waals surface area contributed by atoms with Crippen molar-refractivity contribution in [3.8, 4) is 0 Å². The van der Waals surface area contributed by atoms with Crippen LogP contribution in [0, 0.1) is 11.8 Å².